The maximum absolute atomic E-state index is 12.2. The van der Waals surface area contributed by atoms with Crippen LogP contribution in [0.2, 0.25) is 0 Å². The highest BCUT2D eigenvalue weighted by Crippen LogP contribution is 2.15. The molecule has 0 radical (unpaired) electrons. The Morgan fingerprint density at radius 2 is 1.66 bits per heavy atom. The Bertz CT molecular complexity index is 941. The van der Waals surface area contributed by atoms with E-state index >= 15 is 0 Å². The number of hydrogen-bond donors (Lipinski definition) is 2. The van der Waals surface area contributed by atoms with Gasteiger partial charge in [-0.25, -0.2) is 13.1 Å². The van der Waals surface area contributed by atoms with Crippen molar-refractivity contribution in [1.82, 2.24) is 9.62 Å². The number of carbonyl (C=O) groups is 2. The number of methoxy groups -OCH3 is 1. The number of anilines is 1. The van der Waals surface area contributed by atoms with Gasteiger partial charge in [-0.3, -0.25) is 9.59 Å². The summed E-state index contributed by atoms with van der Waals surface area (Å²) in [6, 6.07) is 13.2. The SMILES string of the molecule is COc1ccc(NC(=O)CN(C)C(=O)CCNS(=O)(=O)c2ccc(C)cc2)cc1. The molecule has 2 aromatic carbocycles. The van der Waals surface area contributed by atoms with Gasteiger partial charge in [-0.2, -0.15) is 0 Å². The number of carbonyl (C=O) groups excluding carboxylic acids is 2. The molecule has 0 bridgehead atoms. The number of likely N-dealkylation sites (N-methyl/N-ethyl adjacent to an activating group) is 1. The Hall–Kier alpha value is -2.91. The Morgan fingerprint density at radius 1 is 1.03 bits per heavy atom. The molecule has 0 heterocycles. The molecule has 2 amide bonds. The lowest BCUT2D eigenvalue weighted by molar-refractivity contribution is -0.133. The van der Waals surface area contributed by atoms with Gasteiger partial charge in [0.15, 0.2) is 0 Å². The molecule has 0 aromatic heterocycles. The fraction of sp³-hybridized carbons (Fsp3) is 0.300. The van der Waals surface area contributed by atoms with E-state index in [-0.39, 0.29) is 36.2 Å². The third-order valence-electron chi connectivity index (χ3n) is 4.14. The lowest BCUT2D eigenvalue weighted by atomic mass is 10.2. The predicted octanol–water partition coefficient (Wildman–Crippen LogP) is 1.77. The molecule has 0 aliphatic heterocycles. The molecule has 0 saturated carbocycles. The standard InChI is InChI=1S/C20H25N3O5S/c1-15-4-10-18(11-5-15)29(26,27)21-13-12-20(25)23(2)14-19(24)22-16-6-8-17(28-3)9-7-16/h4-11,21H,12-14H2,1-3H3,(H,22,24). The van der Waals surface area contributed by atoms with Crippen LogP contribution in [0.3, 0.4) is 0 Å². The first kappa shape index (κ1) is 22.4. The van der Waals surface area contributed by atoms with E-state index in [2.05, 4.69) is 10.0 Å². The van der Waals surface area contributed by atoms with E-state index in [1.807, 2.05) is 6.92 Å². The average molecular weight is 420 g/mol. The van der Waals surface area contributed by atoms with Crippen molar-refractivity contribution in [2.75, 3.05) is 32.6 Å². The summed E-state index contributed by atoms with van der Waals surface area (Å²) in [5.74, 6) is -0.0314. The zero-order valence-electron chi connectivity index (χ0n) is 16.6. The largest absolute Gasteiger partial charge is 0.497 e. The number of amides is 2. The Morgan fingerprint density at radius 3 is 2.24 bits per heavy atom. The molecular formula is C20H25N3O5S. The second kappa shape index (κ2) is 10.0. The van der Waals surface area contributed by atoms with E-state index in [1.54, 1.807) is 43.5 Å². The maximum Gasteiger partial charge on any atom is 0.243 e. The van der Waals surface area contributed by atoms with Gasteiger partial charge in [0.2, 0.25) is 21.8 Å². The number of benzene rings is 2. The molecule has 2 aromatic rings. The summed E-state index contributed by atoms with van der Waals surface area (Å²) in [4.78, 5) is 25.6. The molecule has 9 heteroatoms. The highest BCUT2D eigenvalue weighted by Gasteiger charge is 2.16. The van der Waals surface area contributed by atoms with Crippen molar-refractivity contribution in [3.8, 4) is 5.75 Å². The lowest BCUT2D eigenvalue weighted by Gasteiger charge is -2.17. The van der Waals surface area contributed by atoms with Crippen LogP contribution >= 0.6 is 0 Å². The van der Waals surface area contributed by atoms with Gasteiger partial charge in [0, 0.05) is 25.7 Å². The van der Waals surface area contributed by atoms with Crippen molar-refractivity contribution >= 4 is 27.5 Å². The molecule has 2 rings (SSSR count). The fourth-order valence-corrected chi connectivity index (χ4v) is 3.49. The van der Waals surface area contributed by atoms with Crippen LogP contribution in [-0.2, 0) is 19.6 Å². The van der Waals surface area contributed by atoms with Crippen LogP contribution in [0.1, 0.15) is 12.0 Å². The third-order valence-corrected chi connectivity index (χ3v) is 5.62. The summed E-state index contributed by atoms with van der Waals surface area (Å²) >= 11 is 0. The summed E-state index contributed by atoms with van der Waals surface area (Å²) in [5, 5.41) is 2.69. The van der Waals surface area contributed by atoms with E-state index in [4.69, 9.17) is 4.74 Å². The molecule has 8 nitrogen and oxygen atoms in total. The normalized spacial score (nSPS) is 11.0. The van der Waals surface area contributed by atoms with E-state index < -0.39 is 10.0 Å². The number of rotatable bonds is 9. The van der Waals surface area contributed by atoms with E-state index in [9.17, 15) is 18.0 Å². The minimum absolute atomic E-state index is 0.0561. The molecule has 0 aliphatic rings. The number of hydrogen-bond acceptors (Lipinski definition) is 5. The Labute approximate surface area is 170 Å². The minimum Gasteiger partial charge on any atom is -0.497 e. The van der Waals surface area contributed by atoms with Gasteiger partial charge in [0.25, 0.3) is 0 Å². The summed E-state index contributed by atoms with van der Waals surface area (Å²) in [6.07, 6.45) is -0.0581. The van der Waals surface area contributed by atoms with Crippen molar-refractivity contribution < 1.29 is 22.7 Å². The van der Waals surface area contributed by atoms with Crippen LogP contribution in [-0.4, -0.2) is 52.4 Å². The summed E-state index contributed by atoms with van der Waals surface area (Å²) in [7, 11) is -0.637. The third kappa shape index (κ3) is 6.88. The Balaban J connectivity index is 1.79. The number of nitrogens with one attached hydrogen (secondary N) is 2. The van der Waals surface area contributed by atoms with Gasteiger partial charge >= 0.3 is 0 Å². The van der Waals surface area contributed by atoms with Crippen molar-refractivity contribution in [3.63, 3.8) is 0 Å². The van der Waals surface area contributed by atoms with Gasteiger partial charge in [-0.05, 0) is 43.3 Å². The number of nitrogens with zero attached hydrogens (tertiary/aromatic N) is 1. The predicted molar refractivity (Wildman–Crippen MR) is 110 cm³/mol. The minimum atomic E-state index is -3.68. The monoisotopic (exact) mass is 419 g/mol. The molecule has 0 spiro atoms. The molecule has 2 N–H and O–H groups in total. The second-order valence-electron chi connectivity index (χ2n) is 6.49. The van der Waals surface area contributed by atoms with E-state index in [0.717, 1.165) is 5.56 Å². The maximum atomic E-state index is 12.2. The van der Waals surface area contributed by atoms with Crippen molar-refractivity contribution in [2.24, 2.45) is 0 Å². The van der Waals surface area contributed by atoms with Gasteiger partial charge in [0.1, 0.15) is 5.75 Å². The summed E-state index contributed by atoms with van der Waals surface area (Å²) in [6.45, 7) is 1.66. The molecule has 0 atom stereocenters. The summed E-state index contributed by atoms with van der Waals surface area (Å²) in [5.41, 5.74) is 1.54. The van der Waals surface area contributed by atoms with Gasteiger partial charge in [-0.1, -0.05) is 17.7 Å². The first-order valence-corrected chi connectivity index (χ1v) is 10.4. The quantitative estimate of drug-likeness (QED) is 0.645. The first-order chi connectivity index (χ1) is 13.7. The topological polar surface area (TPSA) is 105 Å². The van der Waals surface area contributed by atoms with Crippen molar-refractivity contribution in [3.05, 3.63) is 54.1 Å². The molecule has 29 heavy (non-hydrogen) atoms. The van der Waals surface area contributed by atoms with Gasteiger partial charge in [-0.15, -0.1) is 0 Å². The molecule has 0 fully saturated rings. The zero-order chi connectivity index (χ0) is 21.4. The van der Waals surface area contributed by atoms with Gasteiger partial charge < -0.3 is 15.0 Å². The van der Waals surface area contributed by atoms with E-state index in [0.29, 0.717) is 11.4 Å². The lowest BCUT2D eigenvalue weighted by Crippen LogP contribution is -2.37. The highest BCUT2D eigenvalue weighted by atomic mass is 32.2. The summed E-state index contributed by atoms with van der Waals surface area (Å²) < 4.78 is 31.9. The number of sulfonamides is 1. The Kier molecular flexibility index (Phi) is 7.74. The van der Waals surface area contributed by atoms with Crippen LogP contribution < -0.4 is 14.8 Å². The molecule has 156 valence electrons. The van der Waals surface area contributed by atoms with E-state index in [1.165, 1.54) is 24.1 Å². The van der Waals surface area contributed by atoms with Crippen LogP contribution in [0.4, 0.5) is 5.69 Å². The van der Waals surface area contributed by atoms with Gasteiger partial charge in [0.05, 0.1) is 18.6 Å². The smallest absolute Gasteiger partial charge is 0.243 e. The van der Waals surface area contributed by atoms with Crippen molar-refractivity contribution in [1.29, 1.82) is 0 Å². The van der Waals surface area contributed by atoms with Crippen LogP contribution in [0, 0.1) is 6.92 Å². The average Bonchev–Trinajstić information content (AvgIpc) is 2.68. The van der Waals surface area contributed by atoms with Crippen LogP contribution in [0.15, 0.2) is 53.4 Å². The number of aryl methyl sites for hydroxylation is 1. The zero-order valence-corrected chi connectivity index (χ0v) is 17.5. The van der Waals surface area contributed by atoms with Crippen LogP contribution in [0.5, 0.6) is 5.75 Å². The fourth-order valence-electron chi connectivity index (χ4n) is 2.46. The first-order valence-electron chi connectivity index (χ1n) is 8.95. The van der Waals surface area contributed by atoms with Crippen LogP contribution in [0.25, 0.3) is 0 Å². The second-order valence-corrected chi connectivity index (χ2v) is 8.25. The molecular weight excluding hydrogens is 394 g/mol. The molecule has 0 unspecified atom stereocenters. The molecule has 0 saturated heterocycles. The highest BCUT2D eigenvalue weighted by molar-refractivity contribution is 7.89. The van der Waals surface area contributed by atoms with Crippen molar-refractivity contribution in [2.45, 2.75) is 18.2 Å². The number of ether oxygens (including phenoxy) is 1. The molecule has 0 aliphatic carbocycles.